The van der Waals surface area contributed by atoms with Crippen molar-refractivity contribution in [3.8, 4) is 0 Å². The van der Waals surface area contributed by atoms with Gasteiger partial charge in [-0.15, -0.1) is 0 Å². The Morgan fingerprint density at radius 2 is 2.07 bits per heavy atom. The number of carbonyl (C=O) groups is 1. The summed E-state index contributed by atoms with van der Waals surface area (Å²) in [4.78, 5) is 11.1. The van der Waals surface area contributed by atoms with Crippen LogP contribution in [0.1, 0.15) is 6.92 Å². The van der Waals surface area contributed by atoms with Crippen LogP contribution in [0, 0.1) is 0 Å². The van der Waals surface area contributed by atoms with Gasteiger partial charge >= 0.3 is 11.8 Å². The van der Waals surface area contributed by atoms with Crippen molar-refractivity contribution in [1.29, 1.82) is 0 Å². The zero-order valence-electron chi connectivity index (χ0n) is 8.32. The highest BCUT2D eigenvalue weighted by Gasteiger charge is 2.06. The van der Waals surface area contributed by atoms with Crippen molar-refractivity contribution in [2.24, 2.45) is 0 Å². The number of ether oxygens (including phenoxy) is 1. The largest absolute Gasteiger partial charge is 0.463 e. The number of esters is 1. The van der Waals surface area contributed by atoms with Gasteiger partial charge in [0, 0.05) is 18.2 Å². The first kappa shape index (κ1) is 10.4. The first-order valence-corrected chi connectivity index (χ1v) is 4.42. The predicted octanol–water partition coefficient (Wildman–Crippen LogP) is 1.34. The molecule has 1 aliphatic rings. The van der Waals surface area contributed by atoms with Gasteiger partial charge in [-0.25, -0.2) is 4.79 Å². The molecule has 0 amide bonds. The van der Waals surface area contributed by atoms with E-state index in [1.54, 1.807) is 38.3 Å². The Kier molecular flexibility index (Phi) is 3.85. The third kappa shape index (κ3) is 3.01. The highest BCUT2D eigenvalue weighted by molar-refractivity contribution is 6.02. The number of rotatable bonds is 2. The number of ketones is 1. The molecule has 3 heteroatoms. The van der Waals surface area contributed by atoms with E-state index in [0.29, 0.717) is 6.61 Å². The molecule has 0 saturated carbocycles. The van der Waals surface area contributed by atoms with E-state index in [1.165, 1.54) is 6.08 Å². The molecule has 1 rings (SSSR count). The van der Waals surface area contributed by atoms with Crippen LogP contribution in [0.25, 0.3) is 0 Å². The molecule has 0 bridgehead atoms. The zero-order chi connectivity index (χ0) is 10.4. The van der Waals surface area contributed by atoms with Crippen molar-refractivity contribution in [1.82, 2.24) is 0 Å². The molecule has 74 valence electrons. The SMILES string of the molecule is CCOC(=O)C=C1C=CC(=[O+]C)C=C1. The van der Waals surface area contributed by atoms with Crippen LogP contribution in [0.3, 0.4) is 0 Å². The molecule has 14 heavy (non-hydrogen) atoms. The highest BCUT2D eigenvalue weighted by Crippen LogP contribution is 2.06. The maximum absolute atomic E-state index is 11.1. The Morgan fingerprint density at radius 1 is 1.43 bits per heavy atom. The van der Waals surface area contributed by atoms with Crippen molar-refractivity contribution in [2.45, 2.75) is 6.92 Å². The number of hydrogen-bond acceptors (Lipinski definition) is 2. The van der Waals surface area contributed by atoms with Gasteiger partial charge in [0.15, 0.2) is 0 Å². The molecular weight excluding hydrogens is 180 g/mol. The van der Waals surface area contributed by atoms with E-state index >= 15 is 0 Å². The summed E-state index contributed by atoms with van der Waals surface area (Å²) in [5.74, 6) is 0.448. The van der Waals surface area contributed by atoms with Crippen LogP contribution in [0.5, 0.6) is 0 Å². The van der Waals surface area contributed by atoms with Crippen molar-refractivity contribution in [2.75, 3.05) is 13.7 Å². The smallest absolute Gasteiger partial charge is 0.343 e. The quantitative estimate of drug-likeness (QED) is 0.377. The Hall–Kier alpha value is -1.64. The Labute approximate surface area is 83.1 Å². The minimum atomic E-state index is -0.322. The summed E-state index contributed by atoms with van der Waals surface area (Å²) in [6.07, 6.45) is 8.64. The van der Waals surface area contributed by atoms with Gasteiger partial charge < -0.3 is 4.74 Å². The van der Waals surface area contributed by atoms with Gasteiger partial charge in [-0.05, 0) is 24.6 Å². The summed E-state index contributed by atoms with van der Waals surface area (Å²) in [5, 5.41) is 0. The maximum atomic E-state index is 11.1. The molecule has 0 N–H and O–H groups in total. The van der Waals surface area contributed by atoms with E-state index in [1.807, 2.05) is 0 Å². The van der Waals surface area contributed by atoms with E-state index < -0.39 is 0 Å². The lowest BCUT2D eigenvalue weighted by atomic mass is 10.1. The Morgan fingerprint density at radius 3 is 2.57 bits per heavy atom. The molecule has 0 radical (unpaired) electrons. The van der Waals surface area contributed by atoms with E-state index in [4.69, 9.17) is 9.16 Å². The molecule has 0 aromatic carbocycles. The molecular formula is C11H13O3+. The molecule has 0 aromatic rings. The zero-order valence-corrected chi connectivity index (χ0v) is 8.32. The molecule has 0 heterocycles. The standard InChI is InChI=1S/C11H13O3/c1-3-14-11(12)8-9-4-6-10(13-2)7-5-9/h4-8H,3H2,1-2H3/q+1. The van der Waals surface area contributed by atoms with Crippen molar-refractivity contribution >= 4 is 11.8 Å². The van der Waals surface area contributed by atoms with Crippen molar-refractivity contribution < 1.29 is 14.0 Å². The second-order valence-electron chi connectivity index (χ2n) is 2.67. The summed E-state index contributed by atoms with van der Waals surface area (Å²) in [7, 11) is 1.60. The molecule has 0 spiro atoms. The summed E-state index contributed by atoms with van der Waals surface area (Å²) in [5.41, 5.74) is 0.809. The number of allylic oxidation sites excluding steroid dienone is 5. The molecule has 0 atom stereocenters. The second kappa shape index (κ2) is 5.17. The maximum Gasteiger partial charge on any atom is 0.343 e. The summed E-state index contributed by atoms with van der Waals surface area (Å²) in [6.45, 7) is 2.17. The third-order valence-corrected chi connectivity index (χ3v) is 1.69. The van der Waals surface area contributed by atoms with Gasteiger partial charge in [0.2, 0.25) is 0 Å². The normalized spacial score (nSPS) is 14.1. The lowest BCUT2D eigenvalue weighted by Gasteiger charge is -1.98. The highest BCUT2D eigenvalue weighted by atomic mass is 16.5. The topological polar surface area (TPSA) is 37.6 Å². The van der Waals surface area contributed by atoms with Crippen LogP contribution >= 0.6 is 0 Å². The minimum Gasteiger partial charge on any atom is -0.463 e. The average Bonchev–Trinajstić information content (AvgIpc) is 2.19. The van der Waals surface area contributed by atoms with Gasteiger partial charge in [0.05, 0.1) is 6.61 Å². The van der Waals surface area contributed by atoms with Crippen LogP contribution in [-0.4, -0.2) is 25.5 Å². The summed E-state index contributed by atoms with van der Waals surface area (Å²) in [6, 6.07) is 0. The van der Waals surface area contributed by atoms with Gasteiger partial charge in [-0.2, -0.15) is 0 Å². The van der Waals surface area contributed by atoms with Crippen LogP contribution in [0.4, 0.5) is 0 Å². The summed E-state index contributed by atoms with van der Waals surface area (Å²) >= 11 is 0. The predicted molar refractivity (Wildman–Crippen MR) is 53.9 cm³/mol. The Balaban J connectivity index is 2.66. The monoisotopic (exact) mass is 193 g/mol. The average molecular weight is 193 g/mol. The van der Waals surface area contributed by atoms with E-state index in [-0.39, 0.29) is 5.97 Å². The fourth-order valence-corrected chi connectivity index (χ4v) is 1.02. The van der Waals surface area contributed by atoms with E-state index in [0.717, 1.165) is 11.4 Å². The first-order valence-electron chi connectivity index (χ1n) is 4.42. The van der Waals surface area contributed by atoms with Gasteiger partial charge in [0.1, 0.15) is 0 Å². The van der Waals surface area contributed by atoms with Crippen LogP contribution in [-0.2, 0) is 14.0 Å². The lowest BCUT2D eigenvalue weighted by molar-refractivity contribution is -0.417. The molecule has 0 aromatic heterocycles. The third-order valence-electron chi connectivity index (χ3n) is 1.69. The van der Waals surface area contributed by atoms with E-state index in [2.05, 4.69) is 0 Å². The lowest BCUT2D eigenvalue weighted by Crippen LogP contribution is -2.02. The fraction of sp³-hybridized carbons (Fsp3) is 0.273. The Bertz CT molecular complexity index is 314. The van der Waals surface area contributed by atoms with Gasteiger partial charge in [-0.3, -0.25) is 4.42 Å². The van der Waals surface area contributed by atoms with Crippen LogP contribution in [0.2, 0.25) is 0 Å². The molecule has 0 unspecified atom stereocenters. The molecule has 1 aliphatic carbocycles. The van der Waals surface area contributed by atoms with Gasteiger partial charge in [-0.1, -0.05) is 0 Å². The second-order valence-corrected chi connectivity index (χ2v) is 2.67. The molecule has 0 aliphatic heterocycles. The number of hydrogen-bond donors (Lipinski definition) is 0. The first-order chi connectivity index (χ1) is 6.76. The summed E-state index contributed by atoms with van der Waals surface area (Å²) < 4.78 is 9.77. The van der Waals surface area contributed by atoms with Crippen molar-refractivity contribution in [3.05, 3.63) is 36.0 Å². The fourth-order valence-electron chi connectivity index (χ4n) is 1.02. The van der Waals surface area contributed by atoms with Crippen molar-refractivity contribution in [3.63, 3.8) is 0 Å². The van der Waals surface area contributed by atoms with Gasteiger partial charge in [0.25, 0.3) is 7.11 Å². The van der Waals surface area contributed by atoms with E-state index in [9.17, 15) is 4.79 Å². The molecule has 0 fully saturated rings. The molecule has 3 nitrogen and oxygen atoms in total. The molecule has 0 saturated heterocycles. The number of carbonyl (C=O) groups excluding carboxylic acids is 2. The van der Waals surface area contributed by atoms with Crippen LogP contribution in [0.15, 0.2) is 36.0 Å². The minimum absolute atomic E-state index is 0.322. The van der Waals surface area contributed by atoms with Crippen LogP contribution < -0.4 is 0 Å².